The standard InChI is InChI=1S/C12H14FNO5S/c1-7-2-3-8(13)4-11(7)20(18,19)14-6-9(15)5-10(14)12(16)17/h2-4,9-10,15H,5-6H2,1H3,(H,16,17)/t9-,10+/m1/s1. The Morgan fingerprint density at radius 2 is 2.10 bits per heavy atom. The van der Waals surface area contributed by atoms with Gasteiger partial charge in [-0.1, -0.05) is 6.07 Å². The van der Waals surface area contributed by atoms with Gasteiger partial charge in [-0.15, -0.1) is 0 Å². The van der Waals surface area contributed by atoms with Gasteiger partial charge >= 0.3 is 5.97 Å². The van der Waals surface area contributed by atoms with Crippen LogP contribution in [0.3, 0.4) is 0 Å². The van der Waals surface area contributed by atoms with Crippen LogP contribution in [0.5, 0.6) is 0 Å². The average Bonchev–Trinajstić information content (AvgIpc) is 2.75. The van der Waals surface area contributed by atoms with Crippen LogP contribution in [0.15, 0.2) is 23.1 Å². The molecule has 0 aromatic heterocycles. The van der Waals surface area contributed by atoms with E-state index in [4.69, 9.17) is 5.11 Å². The van der Waals surface area contributed by atoms with Gasteiger partial charge in [0.15, 0.2) is 0 Å². The highest BCUT2D eigenvalue weighted by molar-refractivity contribution is 7.89. The van der Waals surface area contributed by atoms with Crippen molar-refractivity contribution in [2.75, 3.05) is 6.54 Å². The summed E-state index contributed by atoms with van der Waals surface area (Å²) in [5.41, 5.74) is 0.317. The van der Waals surface area contributed by atoms with E-state index in [1.807, 2.05) is 0 Å². The summed E-state index contributed by atoms with van der Waals surface area (Å²) >= 11 is 0. The predicted octanol–water partition coefficient (Wildman–Crippen LogP) is 0.343. The van der Waals surface area contributed by atoms with E-state index in [1.165, 1.54) is 13.0 Å². The van der Waals surface area contributed by atoms with E-state index in [0.29, 0.717) is 9.87 Å². The summed E-state index contributed by atoms with van der Waals surface area (Å²) in [4.78, 5) is 10.8. The van der Waals surface area contributed by atoms with Gasteiger partial charge in [0.05, 0.1) is 11.0 Å². The van der Waals surface area contributed by atoms with Crippen molar-refractivity contribution in [1.82, 2.24) is 4.31 Å². The van der Waals surface area contributed by atoms with E-state index in [1.54, 1.807) is 0 Å². The number of nitrogens with zero attached hydrogens (tertiary/aromatic N) is 1. The molecule has 1 aromatic rings. The Kier molecular flexibility index (Phi) is 3.81. The maximum atomic E-state index is 13.2. The van der Waals surface area contributed by atoms with Crippen molar-refractivity contribution in [1.29, 1.82) is 0 Å². The van der Waals surface area contributed by atoms with Crippen LogP contribution in [0.2, 0.25) is 0 Å². The molecule has 0 saturated carbocycles. The zero-order chi connectivity index (χ0) is 15.1. The monoisotopic (exact) mass is 303 g/mol. The topological polar surface area (TPSA) is 94.9 Å². The highest BCUT2D eigenvalue weighted by Crippen LogP contribution is 2.28. The zero-order valence-electron chi connectivity index (χ0n) is 10.7. The molecule has 2 rings (SSSR count). The third-order valence-electron chi connectivity index (χ3n) is 3.26. The molecule has 1 saturated heterocycles. The second-order valence-corrected chi connectivity index (χ2v) is 6.59. The van der Waals surface area contributed by atoms with Crippen LogP contribution in [-0.2, 0) is 14.8 Å². The number of aliphatic carboxylic acids is 1. The number of carboxylic acid groups (broad SMARTS) is 1. The second kappa shape index (κ2) is 5.12. The second-order valence-electron chi connectivity index (χ2n) is 4.73. The number of hydrogen-bond acceptors (Lipinski definition) is 4. The molecule has 2 N–H and O–H groups in total. The maximum absolute atomic E-state index is 13.2. The van der Waals surface area contributed by atoms with E-state index >= 15 is 0 Å². The molecule has 8 heteroatoms. The minimum absolute atomic E-state index is 0.178. The molecule has 6 nitrogen and oxygen atoms in total. The zero-order valence-corrected chi connectivity index (χ0v) is 11.5. The summed E-state index contributed by atoms with van der Waals surface area (Å²) in [6.45, 7) is 1.18. The molecule has 0 unspecified atom stereocenters. The van der Waals surface area contributed by atoms with Crippen LogP contribution >= 0.6 is 0 Å². The Balaban J connectivity index is 2.49. The van der Waals surface area contributed by atoms with Crippen LogP contribution in [0.25, 0.3) is 0 Å². The van der Waals surface area contributed by atoms with Crippen LogP contribution in [-0.4, -0.2) is 47.6 Å². The van der Waals surface area contributed by atoms with Crippen molar-refractivity contribution in [3.05, 3.63) is 29.6 Å². The van der Waals surface area contributed by atoms with E-state index in [0.717, 1.165) is 12.1 Å². The summed E-state index contributed by atoms with van der Waals surface area (Å²) in [7, 11) is -4.17. The van der Waals surface area contributed by atoms with E-state index in [-0.39, 0.29) is 17.9 Å². The van der Waals surface area contributed by atoms with Crippen LogP contribution in [0.4, 0.5) is 4.39 Å². The third kappa shape index (κ3) is 2.54. The van der Waals surface area contributed by atoms with Gasteiger partial charge in [-0.2, -0.15) is 4.31 Å². The Hall–Kier alpha value is -1.51. The van der Waals surface area contributed by atoms with E-state index in [2.05, 4.69) is 0 Å². The fourth-order valence-electron chi connectivity index (χ4n) is 2.25. The number of β-amino-alcohol motifs (C(OH)–C–C–N with tert-alkyl or cyclic N) is 1. The Morgan fingerprint density at radius 3 is 2.70 bits per heavy atom. The molecule has 0 amide bonds. The lowest BCUT2D eigenvalue weighted by molar-refractivity contribution is -0.140. The largest absolute Gasteiger partial charge is 0.480 e. The van der Waals surface area contributed by atoms with Crippen molar-refractivity contribution in [3.8, 4) is 0 Å². The number of halogens is 1. The van der Waals surface area contributed by atoms with Crippen LogP contribution in [0, 0.1) is 12.7 Å². The molecule has 0 radical (unpaired) electrons. The van der Waals surface area contributed by atoms with Crippen LogP contribution < -0.4 is 0 Å². The highest BCUT2D eigenvalue weighted by Gasteiger charge is 2.44. The molecule has 1 aromatic carbocycles. The first-order chi connectivity index (χ1) is 9.23. The van der Waals surface area contributed by atoms with Crippen molar-refractivity contribution in [3.63, 3.8) is 0 Å². The first kappa shape index (κ1) is 14.9. The first-order valence-corrected chi connectivity index (χ1v) is 7.36. The lowest BCUT2D eigenvalue weighted by Crippen LogP contribution is -2.40. The number of carboxylic acids is 1. The summed E-state index contributed by atoms with van der Waals surface area (Å²) in [6, 6.07) is 1.96. The average molecular weight is 303 g/mol. The third-order valence-corrected chi connectivity index (χ3v) is 5.27. The summed E-state index contributed by atoms with van der Waals surface area (Å²) in [6.07, 6.45) is -1.22. The minimum atomic E-state index is -4.17. The number of aliphatic hydroxyl groups excluding tert-OH is 1. The molecule has 0 spiro atoms. The molecule has 1 fully saturated rings. The molecular formula is C12H14FNO5S. The SMILES string of the molecule is Cc1ccc(F)cc1S(=O)(=O)N1C[C@H](O)C[C@H]1C(=O)O. The van der Waals surface area contributed by atoms with Gasteiger partial charge in [0.25, 0.3) is 0 Å². The molecule has 0 aliphatic carbocycles. The summed E-state index contributed by atoms with van der Waals surface area (Å²) in [5.74, 6) is -2.06. The summed E-state index contributed by atoms with van der Waals surface area (Å²) in [5, 5.41) is 18.6. The van der Waals surface area contributed by atoms with Gasteiger partial charge < -0.3 is 10.2 Å². The summed E-state index contributed by atoms with van der Waals surface area (Å²) < 4.78 is 38.9. The Morgan fingerprint density at radius 1 is 1.45 bits per heavy atom. The number of benzene rings is 1. The molecule has 1 heterocycles. The van der Waals surface area contributed by atoms with Crippen molar-refractivity contribution >= 4 is 16.0 Å². The lowest BCUT2D eigenvalue weighted by atomic mass is 10.2. The quantitative estimate of drug-likeness (QED) is 0.840. The predicted molar refractivity (Wildman–Crippen MR) is 67.1 cm³/mol. The first-order valence-electron chi connectivity index (χ1n) is 5.92. The van der Waals surface area contributed by atoms with Gasteiger partial charge in [-0.3, -0.25) is 4.79 Å². The number of rotatable bonds is 3. The van der Waals surface area contributed by atoms with Gasteiger partial charge in [-0.25, -0.2) is 12.8 Å². The molecular weight excluding hydrogens is 289 g/mol. The number of sulfonamides is 1. The molecule has 0 bridgehead atoms. The van der Waals surface area contributed by atoms with E-state index in [9.17, 15) is 22.7 Å². The van der Waals surface area contributed by atoms with Crippen molar-refractivity contribution in [2.24, 2.45) is 0 Å². The maximum Gasteiger partial charge on any atom is 0.322 e. The normalized spacial score (nSPS) is 23.9. The number of aryl methyl sites for hydroxylation is 1. The Labute approximate surface area is 115 Å². The van der Waals surface area contributed by atoms with Crippen LogP contribution in [0.1, 0.15) is 12.0 Å². The fraction of sp³-hybridized carbons (Fsp3) is 0.417. The van der Waals surface area contributed by atoms with Gasteiger partial charge in [-0.05, 0) is 24.6 Å². The van der Waals surface area contributed by atoms with Gasteiger partial charge in [0.2, 0.25) is 10.0 Å². The molecule has 1 aliphatic rings. The van der Waals surface area contributed by atoms with Gasteiger partial charge in [0, 0.05) is 13.0 Å². The highest BCUT2D eigenvalue weighted by atomic mass is 32.2. The smallest absolute Gasteiger partial charge is 0.322 e. The van der Waals surface area contributed by atoms with Gasteiger partial charge in [0.1, 0.15) is 11.9 Å². The number of hydrogen-bond donors (Lipinski definition) is 2. The molecule has 1 aliphatic heterocycles. The van der Waals surface area contributed by atoms with E-state index < -0.39 is 34.0 Å². The van der Waals surface area contributed by atoms with Crippen molar-refractivity contribution < 1.29 is 27.8 Å². The molecule has 2 atom stereocenters. The number of aliphatic hydroxyl groups is 1. The Bertz CT molecular complexity index is 645. The minimum Gasteiger partial charge on any atom is -0.480 e. The van der Waals surface area contributed by atoms with Crippen molar-refractivity contribution in [2.45, 2.75) is 30.4 Å². The fourth-order valence-corrected chi connectivity index (χ4v) is 4.12. The lowest BCUT2D eigenvalue weighted by Gasteiger charge is -2.21. The molecule has 110 valence electrons. The molecule has 20 heavy (non-hydrogen) atoms. The number of carbonyl (C=O) groups is 1.